The summed E-state index contributed by atoms with van der Waals surface area (Å²) in [6, 6.07) is 14.7. The molecular formula is C27H31N3O5S2. The van der Waals surface area contributed by atoms with Crippen LogP contribution in [0, 0.1) is 0 Å². The van der Waals surface area contributed by atoms with Gasteiger partial charge in [-0.05, 0) is 68.3 Å². The minimum atomic E-state index is -3.80. The molecule has 196 valence electrons. The van der Waals surface area contributed by atoms with Crippen molar-refractivity contribution in [3.63, 3.8) is 0 Å². The van der Waals surface area contributed by atoms with Crippen molar-refractivity contribution in [1.82, 2.24) is 4.90 Å². The van der Waals surface area contributed by atoms with Gasteiger partial charge >= 0.3 is 5.97 Å². The Balaban J connectivity index is 1.57. The summed E-state index contributed by atoms with van der Waals surface area (Å²) in [5, 5.41) is 3.32. The highest BCUT2D eigenvalue weighted by molar-refractivity contribution is 7.92. The van der Waals surface area contributed by atoms with Gasteiger partial charge in [0.1, 0.15) is 5.00 Å². The molecule has 0 saturated carbocycles. The average molecular weight is 542 g/mol. The van der Waals surface area contributed by atoms with Gasteiger partial charge in [0.05, 0.1) is 23.3 Å². The minimum Gasteiger partial charge on any atom is -0.465 e. The number of para-hydroxylation sites is 1. The van der Waals surface area contributed by atoms with Crippen molar-refractivity contribution in [1.29, 1.82) is 0 Å². The molecule has 0 saturated heterocycles. The Hall–Kier alpha value is -3.21. The largest absolute Gasteiger partial charge is 0.465 e. The molecule has 1 aromatic heterocycles. The van der Waals surface area contributed by atoms with Crippen LogP contribution >= 0.6 is 11.3 Å². The van der Waals surface area contributed by atoms with Crippen LogP contribution in [0.3, 0.4) is 0 Å². The molecule has 0 atom stereocenters. The van der Waals surface area contributed by atoms with Crippen molar-refractivity contribution in [3.8, 4) is 0 Å². The summed E-state index contributed by atoms with van der Waals surface area (Å²) >= 11 is 1.39. The summed E-state index contributed by atoms with van der Waals surface area (Å²) in [5.74, 6) is -0.896. The number of ether oxygens (including phenoxy) is 1. The molecule has 0 spiro atoms. The number of anilines is 2. The van der Waals surface area contributed by atoms with Gasteiger partial charge in [-0.1, -0.05) is 25.1 Å². The SMILES string of the molecule is CCCN1CCc2c(sc(NC(=O)c3ccc(S(=O)(=O)N(CC)c4ccccc4)cc3)c2C(=O)OC)C1. The van der Waals surface area contributed by atoms with E-state index in [2.05, 4.69) is 17.1 Å². The van der Waals surface area contributed by atoms with Gasteiger partial charge in [-0.25, -0.2) is 13.2 Å². The third kappa shape index (κ3) is 5.56. The first-order chi connectivity index (χ1) is 17.8. The molecule has 0 unspecified atom stereocenters. The van der Waals surface area contributed by atoms with E-state index in [0.29, 0.717) is 22.7 Å². The molecule has 2 aromatic carbocycles. The second kappa shape index (κ2) is 11.5. The normalized spacial score (nSPS) is 13.6. The van der Waals surface area contributed by atoms with Crippen molar-refractivity contribution in [2.45, 2.75) is 38.1 Å². The number of benzene rings is 2. The Morgan fingerprint density at radius 2 is 1.78 bits per heavy atom. The van der Waals surface area contributed by atoms with Gasteiger partial charge in [-0.15, -0.1) is 11.3 Å². The Morgan fingerprint density at radius 1 is 1.08 bits per heavy atom. The summed E-state index contributed by atoms with van der Waals surface area (Å²) in [7, 11) is -2.47. The molecule has 1 aliphatic rings. The van der Waals surface area contributed by atoms with Crippen LogP contribution < -0.4 is 9.62 Å². The molecule has 8 nitrogen and oxygen atoms in total. The maximum Gasteiger partial charge on any atom is 0.341 e. The van der Waals surface area contributed by atoms with Crippen LogP contribution in [0.1, 0.15) is 51.4 Å². The van der Waals surface area contributed by atoms with Gasteiger partial charge in [-0.3, -0.25) is 14.0 Å². The zero-order chi connectivity index (χ0) is 26.6. The van der Waals surface area contributed by atoms with E-state index in [0.717, 1.165) is 36.5 Å². The second-order valence-electron chi connectivity index (χ2n) is 8.71. The van der Waals surface area contributed by atoms with E-state index >= 15 is 0 Å². The number of nitrogens with one attached hydrogen (secondary N) is 1. The predicted octanol–water partition coefficient (Wildman–Crippen LogP) is 4.77. The summed E-state index contributed by atoms with van der Waals surface area (Å²) in [6.07, 6.45) is 1.76. The average Bonchev–Trinajstić information content (AvgIpc) is 3.26. The number of hydrogen-bond donors (Lipinski definition) is 1. The van der Waals surface area contributed by atoms with Crippen LogP contribution in [0.4, 0.5) is 10.7 Å². The number of rotatable bonds is 9. The van der Waals surface area contributed by atoms with Crippen molar-refractivity contribution in [2.75, 3.05) is 36.4 Å². The molecule has 37 heavy (non-hydrogen) atoms. The maximum absolute atomic E-state index is 13.2. The lowest BCUT2D eigenvalue weighted by molar-refractivity contribution is 0.0600. The number of thiophene rings is 1. The molecule has 0 aliphatic carbocycles. The van der Waals surface area contributed by atoms with Gasteiger partial charge in [0.15, 0.2) is 0 Å². The first kappa shape index (κ1) is 26.8. The number of carbonyl (C=O) groups is 2. The second-order valence-corrected chi connectivity index (χ2v) is 11.7. The van der Waals surface area contributed by atoms with Crippen LogP contribution in [0.15, 0.2) is 59.5 Å². The van der Waals surface area contributed by atoms with Crippen LogP contribution in [0.25, 0.3) is 0 Å². The standard InChI is InChI=1S/C27H31N3O5S2/c1-4-16-29-17-15-22-23(18-29)36-26(24(22)27(32)35-3)28-25(31)19-11-13-21(14-12-19)37(33,34)30(5-2)20-9-7-6-8-10-20/h6-14H,4-5,15-18H2,1-3H3,(H,28,31). The number of fused-ring (bicyclic) bond motifs is 1. The minimum absolute atomic E-state index is 0.0904. The molecule has 3 aromatic rings. The van der Waals surface area contributed by atoms with E-state index in [9.17, 15) is 18.0 Å². The summed E-state index contributed by atoms with van der Waals surface area (Å²) in [4.78, 5) is 29.2. The first-order valence-corrected chi connectivity index (χ1v) is 14.5. The number of methoxy groups -OCH3 is 1. The topological polar surface area (TPSA) is 96.0 Å². The lowest BCUT2D eigenvalue weighted by atomic mass is 10.0. The molecule has 2 heterocycles. The smallest absolute Gasteiger partial charge is 0.341 e. The Labute approximate surface area is 221 Å². The third-order valence-corrected chi connectivity index (χ3v) is 9.38. The number of hydrogen-bond acceptors (Lipinski definition) is 7. The number of nitrogens with zero attached hydrogens (tertiary/aromatic N) is 2. The highest BCUT2D eigenvalue weighted by atomic mass is 32.2. The van der Waals surface area contributed by atoms with Crippen molar-refractivity contribution in [3.05, 3.63) is 76.2 Å². The van der Waals surface area contributed by atoms with Gasteiger partial charge in [0.25, 0.3) is 15.9 Å². The lowest BCUT2D eigenvalue weighted by Crippen LogP contribution is -2.30. The zero-order valence-electron chi connectivity index (χ0n) is 21.2. The summed E-state index contributed by atoms with van der Waals surface area (Å²) in [6.45, 7) is 6.73. The van der Waals surface area contributed by atoms with Gasteiger partial charge in [0.2, 0.25) is 0 Å². The van der Waals surface area contributed by atoms with Gasteiger partial charge < -0.3 is 10.1 Å². The molecule has 0 radical (unpaired) electrons. The number of amides is 1. The summed E-state index contributed by atoms with van der Waals surface area (Å²) in [5.41, 5.74) is 2.20. The van der Waals surface area contributed by atoms with Gasteiger partial charge in [-0.2, -0.15) is 0 Å². The molecule has 0 bridgehead atoms. The van der Waals surface area contributed by atoms with Crippen LogP contribution in [0.5, 0.6) is 0 Å². The lowest BCUT2D eigenvalue weighted by Gasteiger charge is -2.26. The molecule has 4 rings (SSSR count). The van der Waals surface area contributed by atoms with E-state index in [4.69, 9.17) is 4.74 Å². The monoisotopic (exact) mass is 541 g/mol. The van der Waals surface area contributed by atoms with E-state index in [-0.39, 0.29) is 17.0 Å². The van der Waals surface area contributed by atoms with Gasteiger partial charge in [0, 0.05) is 30.1 Å². The molecule has 1 aliphatic heterocycles. The van der Waals surface area contributed by atoms with Crippen molar-refractivity contribution >= 4 is 43.9 Å². The zero-order valence-corrected chi connectivity index (χ0v) is 22.8. The van der Waals surface area contributed by atoms with E-state index < -0.39 is 21.9 Å². The number of carbonyl (C=O) groups excluding carboxylic acids is 2. The fourth-order valence-electron chi connectivity index (χ4n) is 4.54. The highest BCUT2D eigenvalue weighted by Crippen LogP contribution is 2.38. The Morgan fingerprint density at radius 3 is 2.41 bits per heavy atom. The summed E-state index contributed by atoms with van der Waals surface area (Å²) < 4.78 is 32.8. The van der Waals surface area contributed by atoms with E-state index in [1.54, 1.807) is 31.2 Å². The van der Waals surface area contributed by atoms with Crippen LogP contribution in [0.2, 0.25) is 0 Å². The van der Waals surface area contributed by atoms with E-state index in [1.165, 1.54) is 47.0 Å². The third-order valence-electron chi connectivity index (χ3n) is 6.33. The predicted molar refractivity (Wildman–Crippen MR) is 146 cm³/mol. The quantitative estimate of drug-likeness (QED) is 0.392. The maximum atomic E-state index is 13.2. The van der Waals surface area contributed by atoms with E-state index in [1.807, 2.05) is 6.07 Å². The fraction of sp³-hybridized carbons (Fsp3) is 0.333. The number of esters is 1. The van der Waals surface area contributed by atoms with Crippen molar-refractivity contribution in [2.24, 2.45) is 0 Å². The molecular weight excluding hydrogens is 510 g/mol. The first-order valence-electron chi connectivity index (χ1n) is 12.2. The number of sulfonamides is 1. The van der Waals surface area contributed by atoms with Crippen molar-refractivity contribution < 1.29 is 22.7 Å². The fourth-order valence-corrected chi connectivity index (χ4v) is 7.28. The van der Waals surface area contributed by atoms with Crippen LogP contribution in [-0.4, -0.2) is 51.9 Å². The van der Waals surface area contributed by atoms with Crippen LogP contribution in [-0.2, 0) is 27.7 Å². The molecule has 0 fully saturated rings. The molecule has 1 amide bonds. The Bertz CT molecular complexity index is 1370. The Kier molecular flexibility index (Phi) is 8.31. The molecule has 1 N–H and O–H groups in total. The highest BCUT2D eigenvalue weighted by Gasteiger charge is 2.29. The molecule has 10 heteroatoms.